The van der Waals surface area contributed by atoms with Crippen LogP contribution in [0.3, 0.4) is 0 Å². The normalized spacial score (nSPS) is 10.4. The molecule has 0 bridgehead atoms. The molecule has 0 spiro atoms. The van der Waals surface area contributed by atoms with Gasteiger partial charge in [0.15, 0.2) is 0 Å². The van der Waals surface area contributed by atoms with E-state index in [0.717, 1.165) is 15.8 Å². The summed E-state index contributed by atoms with van der Waals surface area (Å²) in [4.78, 5) is 0. The molecule has 0 aliphatic rings. The van der Waals surface area contributed by atoms with Crippen LogP contribution in [0.4, 0.5) is 0 Å². The minimum Gasteiger partial charge on any atom is -0.457 e. The van der Waals surface area contributed by atoms with Gasteiger partial charge in [-0.05, 0) is 42.8 Å². The molecule has 0 aliphatic carbocycles. The van der Waals surface area contributed by atoms with Crippen molar-refractivity contribution < 1.29 is 9.84 Å². The van der Waals surface area contributed by atoms with Crippen molar-refractivity contribution in [3.63, 3.8) is 0 Å². The van der Waals surface area contributed by atoms with Gasteiger partial charge in [0.2, 0.25) is 0 Å². The largest absolute Gasteiger partial charge is 0.457 e. The van der Waals surface area contributed by atoms with Gasteiger partial charge in [-0.3, -0.25) is 0 Å². The Morgan fingerprint density at radius 1 is 1.17 bits per heavy atom. The first kappa shape index (κ1) is 13.4. The lowest BCUT2D eigenvalue weighted by molar-refractivity contribution is 0.276. The number of aryl methyl sites for hydroxylation is 1. The third kappa shape index (κ3) is 3.05. The molecule has 0 fully saturated rings. The van der Waals surface area contributed by atoms with E-state index in [2.05, 4.69) is 15.9 Å². The number of aliphatic hydroxyl groups is 1. The number of aliphatic hydroxyl groups excluding tert-OH is 1. The Morgan fingerprint density at radius 2 is 1.94 bits per heavy atom. The molecule has 0 unspecified atom stereocenters. The molecule has 0 aliphatic heterocycles. The van der Waals surface area contributed by atoms with Gasteiger partial charge in [-0.2, -0.15) is 0 Å². The van der Waals surface area contributed by atoms with E-state index in [1.54, 1.807) is 18.2 Å². The fourth-order valence-corrected chi connectivity index (χ4v) is 2.24. The summed E-state index contributed by atoms with van der Waals surface area (Å²) in [5.41, 5.74) is 1.72. The maximum Gasteiger partial charge on any atom is 0.134 e. The first-order valence-electron chi connectivity index (χ1n) is 5.43. The lowest BCUT2D eigenvalue weighted by atomic mass is 10.2. The Balaban J connectivity index is 2.36. The molecule has 18 heavy (non-hydrogen) atoms. The molecule has 2 aromatic carbocycles. The maximum absolute atomic E-state index is 9.27. The van der Waals surface area contributed by atoms with Crippen LogP contribution in [0, 0.1) is 6.92 Å². The number of hydrogen-bond donors (Lipinski definition) is 1. The molecule has 4 heteroatoms. The molecule has 2 nitrogen and oxygen atoms in total. The van der Waals surface area contributed by atoms with Gasteiger partial charge in [0.05, 0.1) is 6.61 Å². The summed E-state index contributed by atoms with van der Waals surface area (Å²) in [6, 6.07) is 10.9. The van der Waals surface area contributed by atoms with E-state index in [4.69, 9.17) is 16.3 Å². The molecule has 94 valence electrons. The summed E-state index contributed by atoms with van der Waals surface area (Å²) in [5, 5.41) is 9.85. The van der Waals surface area contributed by atoms with Crippen LogP contribution < -0.4 is 4.74 Å². The smallest absolute Gasteiger partial charge is 0.134 e. The molecule has 0 radical (unpaired) electrons. The molecule has 0 aromatic heterocycles. The molecule has 2 aromatic rings. The predicted octanol–water partition coefficient (Wildman–Crippen LogP) is 4.70. The molecule has 1 N–H and O–H groups in total. The van der Waals surface area contributed by atoms with E-state index in [1.807, 2.05) is 25.1 Å². The fourth-order valence-electron chi connectivity index (χ4n) is 1.60. The number of halogens is 2. The highest BCUT2D eigenvalue weighted by atomic mass is 79.9. The van der Waals surface area contributed by atoms with Crippen LogP contribution in [0.1, 0.15) is 11.1 Å². The third-order valence-electron chi connectivity index (χ3n) is 2.56. The molecule has 0 heterocycles. The van der Waals surface area contributed by atoms with Crippen LogP contribution >= 0.6 is 27.5 Å². The van der Waals surface area contributed by atoms with Gasteiger partial charge < -0.3 is 9.84 Å². The summed E-state index contributed by atoms with van der Waals surface area (Å²) in [5.74, 6) is 1.32. The van der Waals surface area contributed by atoms with Crippen molar-refractivity contribution in [1.82, 2.24) is 0 Å². The van der Waals surface area contributed by atoms with Crippen LogP contribution in [0.25, 0.3) is 0 Å². The minimum absolute atomic E-state index is 0.0813. The summed E-state index contributed by atoms with van der Waals surface area (Å²) < 4.78 is 6.80. The van der Waals surface area contributed by atoms with Crippen molar-refractivity contribution in [2.45, 2.75) is 13.5 Å². The first-order chi connectivity index (χ1) is 8.60. The van der Waals surface area contributed by atoms with Gasteiger partial charge in [0, 0.05) is 15.1 Å². The van der Waals surface area contributed by atoms with E-state index in [9.17, 15) is 5.11 Å². The molecule has 0 amide bonds. The molecular formula is C14H12BrClO2. The topological polar surface area (TPSA) is 29.5 Å². The Kier molecular flexibility index (Phi) is 4.27. The highest BCUT2D eigenvalue weighted by Gasteiger charge is 2.07. The Hall–Kier alpha value is -1.03. The zero-order valence-corrected chi connectivity index (χ0v) is 12.1. The summed E-state index contributed by atoms with van der Waals surface area (Å²) >= 11 is 9.34. The standard InChI is InChI=1S/C14H12BrClO2/c1-9-6-11(15)3-5-13(9)18-14-7-12(16)4-2-10(14)8-17/h2-7,17H,8H2,1H3. The van der Waals surface area contributed by atoms with Gasteiger partial charge in [0.25, 0.3) is 0 Å². The third-order valence-corrected chi connectivity index (χ3v) is 3.28. The SMILES string of the molecule is Cc1cc(Br)ccc1Oc1cc(Cl)ccc1CO. The highest BCUT2D eigenvalue weighted by molar-refractivity contribution is 9.10. The van der Waals surface area contributed by atoms with Crippen molar-refractivity contribution >= 4 is 27.5 Å². The van der Waals surface area contributed by atoms with Crippen LogP contribution in [-0.4, -0.2) is 5.11 Å². The van der Waals surface area contributed by atoms with Crippen molar-refractivity contribution in [3.05, 3.63) is 57.0 Å². The fraction of sp³-hybridized carbons (Fsp3) is 0.143. The van der Waals surface area contributed by atoms with E-state index >= 15 is 0 Å². The average Bonchev–Trinajstić information content (AvgIpc) is 2.33. The van der Waals surface area contributed by atoms with Crippen LogP contribution in [-0.2, 0) is 6.61 Å². The van der Waals surface area contributed by atoms with E-state index in [0.29, 0.717) is 16.3 Å². The Bertz CT molecular complexity index is 570. The van der Waals surface area contributed by atoms with Gasteiger partial charge in [-0.15, -0.1) is 0 Å². The van der Waals surface area contributed by atoms with Crippen LogP contribution in [0.2, 0.25) is 5.02 Å². The maximum atomic E-state index is 9.27. The van der Waals surface area contributed by atoms with E-state index in [-0.39, 0.29) is 6.61 Å². The second-order valence-corrected chi connectivity index (χ2v) is 5.27. The van der Waals surface area contributed by atoms with Gasteiger partial charge in [-0.1, -0.05) is 33.6 Å². The number of ether oxygens (including phenoxy) is 1. The number of benzene rings is 2. The highest BCUT2D eigenvalue weighted by Crippen LogP contribution is 2.31. The van der Waals surface area contributed by atoms with Gasteiger partial charge >= 0.3 is 0 Å². The van der Waals surface area contributed by atoms with E-state index in [1.165, 1.54) is 0 Å². The molecule has 0 atom stereocenters. The lowest BCUT2D eigenvalue weighted by Gasteiger charge is -2.12. The summed E-state index contributed by atoms with van der Waals surface area (Å²) in [6.45, 7) is 1.88. The number of hydrogen-bond acceptors (Lipinski definition) is 2. The Labute approximate surface area is 119 Å². The van der Waals surface area contributed by atoms with Gasteiger partial charge in [-0.25, -0.2) is 0 Å². The average molecular weight is 328 g/mol. The number of rotatable bonds is 3. The lowest BCUT2D eigenvalue weighted by Crippen LogP contribution is -1.93. The summed E-state index contributed by atoms with van der Waals surface area (Å²) in [7, 11) is 0. The molecule has 0 saturated carbocycles. The quantitative estimate of drug-likeness (QED) is 0.885. The molecule has 2 rings (SSSR count). The predicted molar refractivity (Wildman–Crippen MR) is 76.3 cm³/mol. The first-order valence-corrected chi connectivity index (χ1v) is 6.60. The monoisotopic (exact) mass is 326 g/mol. The summed E-state index contributed by atoms with van der Waals surface area (Å²) in [6.07, 6.45) is 0. The Morgan fingerprint density at radius 3 is 2.61 bits per heavy atom. The van der Waals surface area contributed by atoms with Crippen LogP contribution in [0.15, 0.2) is 40.9 Å². The van der Waals surface area contributed by atoms with Crippen molar-refractivity contribution in [2.24, 2.45) is 0 Å². The van der Waals surface area contributed by atoms with Crippen molar-refractivity contribution in [1.29, 1.82) is 0 Å². The molecular weight excluding hydrogens is 316 g/mol. The van der Waals surface area contributed by atoms with Crippen molar-refractivity contribution in [2.75, 3.05) is 0 Å². The minimum atomic E-state index is -0.0813. The van der Waals surface area contributed by atoms with Crippen LogP contribution in [0.5, 0.6) is 11.5 Å². The second kappa shape index (κ2) is 5.74. The van der Waals surface area contributed by atoms with Crippen molar-refractivity contribution in [3.8, 4) is 11.5 Å². The second-order valence-electron chi connectivity index (χ2n) is 3.92. The molecule has 0 saturated heterocycles. The zero-order chi connectivity index (χ0) is 13.1. The zero-order valence-electron chi connectivity index (χ0n) is 9.78. The van der Waals surface area contributed by atoms with Gasteiger partial charge in [0.1, 0.15) is 11.5 Å². The van der Waals surface area contributed by atoms with E-state index < -0.39 is 0 Å².